The molecule has 122 valence electrons. The van der Waals surface area contributed by atoms with Gasteiger partial charge >= 0.3 is 5.97 Å². The van der Waals surface area contributed by atoms with Gasteiger partial charge in [-0.2, -0.15) is 5.90 Å². The zero-order valence-electron chi connectivity index (χ0n) is 12.8. The number of rotatable bonds is 3. The van der Waals surface area contributed by atoms with E-state index in [1.165, 1.54) is 0 Å². The summed E-state index contributed by atoms with van der Waals surface area (Å²) in [5.74, 6) is 4.11. The average Bonchev–Trinajstić information content (AvgIpc) is 2.59. The predicted molar refractivity (Wildman–Crippen MR) is 89.9 cm³/mol. The number of nitrogens with two attached hydrogens (primary N) is 1. The van der Waals surface area contributed by atoms with Gasteiger partial charge in [-0.25, -0.2) is 18.2 Å². The summed E-state index contributed by atoms with van der Waals surface area (Å²) in [5.41, 5.74) is 1.14. The third-order valence-corrected chi connectivity index (χ3v) is 4.72. The first-order chi connectivity index (χ1) is 11.4. The maximum absolute atomic E-state index is 12.4. The molecular weight excluding hydrogens is 328 g/mol. The number of hydrogen-bond donors (Lipinski definition) is 1. The van der Waals surface area contributed by atoms with Crippen LogP contribution in [0.2, 0.25) is 0 Å². The second-order valence-corrected chi connectivity index (χ2v) is 7.18. The maximum Gasteiger partial charge on any atom is 0.358 e. The van der Waals surface area contributed by atoms with Crippen molar-refractivity contribution in [2.45, 2.75) is 4.90 Å². The zero-order valence-corrected chi connectivity index (χ0v) is 13.6. The summed E-state index contributed by atoms with van der Waals surface area (Å²) >= 11 is 0. The van der Waals surface area contributed by atoms with Crippen LogP contribution in [0, 0.1) is 0 Å². The normalized spacial score (nSPS) is 11.4. The van der Waals surface area contributed by atoms with Gasteiger partial charge in [0.15, 0.2) is 9.84 Å². The first-order valence-electron chi connectivity index (χ1n) is 7.02. The standard InChI is InChI=1S/C17H14N2O4S/c1-24(21,22)16-14(17(20)23-18)12-9-5-6-10-13(12)19-15(16)11-7-3-2-4-8-11/h2-10H,18H2,1H3. The molecule has 2 N–H and O–H groups in total. The van der Waals surface area contributed by atoms with Crippen molar-refractivity contribution in [3.8, 4) is 11.3 Å². The fourth-order valence-corrected chi connectivity index (χ4v) is 3.69. The Labute approximate surface area is 138 Å². The molecule has 0 saturated heterocycles. The minimum Gasteiger partial charge on any atom is -0.370 e. The Hall–Kier alpha value is -2.77. The van der Waals surface area contributed by atoms with E-state index in [4.69, 9.17) is 5.90 Å². The van der Waals surface area contributed by atoms with E-state index in [0.717, 1.165) is 6.26 Å². The molecule has 6 nitrogen and oxygen atoms in total. The largest absolute Gasteiger partial charge is 0.370 e. The van der Waals surface area contributed by atoms with E-state index in [0.29, 0.717) is 16.5 Å². The zero-order chi connectivity index (χ0) is 17.3. The van der Waals surface area contributed by atoms with Crippen molar-refractivity contribution in [3.63, 3.8) is 0 Å². The minimum absolute atomic E-state index is 0.107. The molecule has 0 bridgehead atoms. The third kappa shape index (κ3) is 2.75. The molecule has 3 aromatic rings. The molecule has 0 aliphatic rings. The molecule has 0 unspecified atom stereocenters. The van der Waals surface area contributed by atoms with Gasteiger partial charge in [-0.05, 0) is 6.07 Å². The van der Waals surface area contributed by atoms with E-state index >= 15 is 0 Å². The van der Waals surface area contributed by atoms with Crippen LogP contribution < -0.4 is 5.90 Å². The molecular formula is C17H14N2O4S. The average molecular weight is 342 g/mol. The Balaban J connectivity index is 2.55. The lowest BCUT2D eigenvalue weighted by Crippen LogP contribution is -2.17. The molecule has 24 heavy (non-hydrogen) atoms. The topological polar surface area (TPSA) is 99.3 Å². The number of nitrogens with zero attached hydrogens (tertiary/aromatic N) is 1. The third-order valence-electron chi connectivity index (χ3n) is 3.58. The number of hydrogen-bond acceptors (Lipinski definition) is 6. The van der Waals surface area contributed by atoms with Gasteiger partial charge in [0.1, 0.15) is 4.90 Å². The number of carbonyl (C=O) groups is 1. The van der Waals surface area contributed by atoms with Crippen molar-refractivity contribution in [2.24, 2.45) is 5.90 Å². The maximum atomic E-state index is 12.4. The van der Waals surface area contributed by atoms with Crippen LogP contribution >= 0.6 is 0 Å². The van der Waals surface area contributed by atoms with Crippen LogP contribution in [0.3, 0.4) is 0 Å². The van der Waals surface area contributed by atoms with E-state index in [1.807, 2.05) is 0 Å². The SMILES string of the molecule is CS(=O)(=O)c1c(-c2ccccc2)nc2ccccc2c1C(=O)ON. The van der Waals surface area contributed by atoms with Crippen molar-refractivity contribution in [2.75, 3.05) is 6.26 Å². The van der Waals surface area contributed by atoms with Crippen LogP contribution in [-0.2, 0) is 14.7 Å². The highest BCUT2D eigenvalue weighted by Crippen LogP contribution is 2.33. The number of carbonyl (C=O) groups excluding carboxylic acids is 1. The van der Waals surface area contributed by atoms with Gasteiger partial charge in [-0.15, -0.1) is 0 Å². The van der Waals surface area contributed by atoms with Gasteiger partial charge in [0.2, 0.25) is 0 Å². The Morgan fingerprint density at radius 1 is 1.04 bits per heavy atom. The molecule has 3 rings (SSSR count). The first kappa shape index (κ1) is 16.1. The van der Waals surface area contributed by atoms with Gasteiger partial charge in [0.05, 0.1) is 16.8 Å². The van der Waals surface area contributed by atoms with E-state index in [2.05, 4.69) is 9.82 Å². The molecule has 0 aliphatic carbocycles. The van der Waals surface area contributed by atoms with Crippen LogP contribution in [0.25, 0.3) is 22.2 Å². The summed E-state index contributed by atoms with van der Waals surface area (Å²) in [4.78, 5) is 20.8. The number of fused-ring (bicyclic) bond motifs is 1. The fraction of sp³-hybridized carbons (Fsp3) is 0.0588. The van der Waals surface area contributed by atoms with Gasteiger partial charge in [0.25, 0.3) is 0 Å². The molecule has 2 aromatic carbocycles. The smallest absolute Gasteiger partial charge is 0.358 e. The lowest BCUT2D eigenvalue weighted by molar-refractivity contribution is 0.0501. The summed E-state index contributed by atoms with van der Waals surface area (Å²) < 4.78 is 24.8. The minimum atomic E-state index is -3.78. The van der Waals surface area contributed by atoms with Crippen molar-refractivity contribution in [3.05, 3.63) is 60.2 Å². The molecule has 1 heterocycles. The summed E-state index contributed by atoms with van der Waals surface area (Å²) in [5, 5.41) is 0.369. The van der Waals surface area contributed by atoms with Crippen molar-refractivity contribution in [1.82, 2.24) is 4.98 Å². The number of aromatic nitrogens is 1. The molecule has 0 amide bonds. The van der Waals surface area contributed by atoms with Crippen LogP contribution in [0.1, 0.15) is 10.4 Å². The monoisotopic (exact) mass is 342 g/mol. The van der Waals surface area contributed by atoms with Gasteiger partial charge in [0, 0.05) is 17.2 Å². The first-order valence-corrected chi connectivity index (χ1v) is 8.92. The van der Waals surface area contributed by atoms with Gasteiger partial charge < -0.3 is 4.84 Å². The fourth-order valence-electron chi connectivity index (χ4n) is 2.61. The highest BCUT2D eigenvalue weighted by molar-refractivity contribution is 7.91. The van der Waals surface area contributed by atoms with Crippen LogP contribution in [0.4, 0.5) is 0 Å². The lowest BCUT2D eigenvalue weighted by Gasteiger charge is -2.14. The van der Waals surface area contributed by atoms with E-state index in [-0.39, 0.29) is 16.2 Å². The molecule has 1 aromatic heterocycles. The second-order valence-electron chi connectivity index (χ2n) is 5.23. The van der Waals surface area contributed by atoms with Crippen molar-refractivity contribution in [1.29, 1.82) is 0 Å². The summed E-state index contributed by atoms with van der Waals surface area (Å²) in [6, 6.07) is 15.5. The van der Waals surface area contributed by atoms with Crippen molar-refractivity contribution >= 4 is 26.7 Å². The molecule has 0 saturated carbocycles. The Morgan fingerprint density at radius 2 is 1.67 bits per heavy atom. The molecule has 0 atom stereocenters. The number of para-hydroxylation sites is 1. The number of pyridine rings is 1. The molecule has 0 aliphatic heterocycles. The predicted octanol–water partition coefficient (Wildman–Crippen LogP) is 2.34. The lowest BCUT2D eigenvalue weighted by atomic mass is 10.0. The van der Waals surface area contributed by atoms with Crippen LogP contribution in [-0.4, -0.2) is 25.6 Å². The second kappa shape index (κ2) is 6.03. The highest BCUT2D eigenvalue weighted by atomic mass is 32.2. The summed E-state index contributed by atoms with van der Waals surface area (Å²) in [6.45, 7) is 0. The van der Waals surface area contributed by atoms with Crippen LogP contribution in [0.5, 0.6) is 0 Å². The Bertz CT molecular complexity index is 1030. The molecule has 7 heteroatoms. The van der Waals surface area contributed by atoms with Gasteiger partial charge in [-0.1, -0.05) is 48.5 Å². The quantitative estimate of drug-likeness (QED) is 0.733. The molecule has 0 fully saturated rings. The Morgan fingerprint density at radius 3 is 2.29 bits per heavy atom. The van der Waals surface area contributed by atoms with E-state index in [1.54, 1.807) is 54.6 Å². The highest BCUT2D eigenvalue weighted by Gasteiger charge is 2.28. The summed E-state index contributed by atoms with van der Waals surface area (Å²) in [6.07, 6.45) is 1.03. The summed E-state index contributed by atoms with van der Waals surface area (Å²) in [7, 11) is -3.78. The Kier molecular flexibility index (Phi) is 4.04. The van der Waals surface area contributed by atoms with Crippen molar-refractivity contribution < 1.29 is 18.0 Å². The number of benzene rings is 2. The number of sulfone groups is 1. The van der Waals surface area contributed by atoms with Crippen LogP contribution in [0.15, 0.2) is 59.5 Å². The van der Waals surface area contributed by atoms with Gasteiger partial charge in [-0.3, -0.25) is 0 Å². The van der Waals surface area contributed by atoms with E-state index < -0.39 is 15.8 Å². The molecule has 0 radical (unpaired) electrons. The van der Waals surface area contributed by atoms with E-state index in [9.17, 15) is 13.2 Å². The molecule has 0 spiro atoms.